The Kier molecular flexibility index (Phi) is 3.51. The molecule has 3 aromatic rings. The quantitative estimate of drug-likeness (QED) is 0.611. The Morgan fingerprint density at radius 3 is 2.43 bits per heavy atom. The molecule has 4 rings (SSSR count). The normalized spacial score (nSPS) is 17.0. The second kappa shape index (κ2) is 5.55. The zero-order valence-electron chi connectivity index (χ0n) is 12.1. The van der Waals surface area contributed by atoms with Crippen molar-refractivity contribution < 1.29 is 4.79 Å². The van der Waals surface area contributed by atoms with Crippen molar-refractivity contribution in [2.75, 3.05) is 5.32 Å². The van der Waals surface area contributed by atoms with Crippen LogP contribution in [0.4, 0.5) is 5.69 Å². The molecule has 0 saturated carbocycles. The Morgan fingerprint density at radius 2 is 1.65 bits per heavy atom. The molecule has 2 nitrogen and oxygen atoms in total. The van der Waals surface area contributed by atoms with E-state index in [2.05, 4.69) is 17.4 Å². The highest BCUT2D eigenvalue weighted by molar-refractivity contribution is 6.36. The highest BCUT2D eigenvalue weighted by Crippen LogP contribution is 2.44. The second-order valence-electron chi connectivity index (χ2n) is 5.69. The minimum Gasteiger partial charge on any atom is -0.325 e. The fraction of sp³-hybridized carbons (Fsp3) is 0.105. The molecule has 23 heavy (non-hydrogen) atoms. The van der Waals surface area contributed by atoms with E-state index < -0.39 is 0 Å². The number of hydrogen-bond donors (Lipinski definition) is 1. The number of benzene rings is 3. The Balaban J connectivity index is 1.99. The van der Waals surface area contributed by atoms with E-state index in [0.717, 1.165) is 27.6 Å². The Labute approximate surface area is 144 Å². The Morgan fingerprint density at radius 1 is 0.913 bits per heavy atom. The van der Waals surface area contributed by atoms with Crippen molar-refractivity contribution >= 4 is 45.6 Å². The van der Waals surface area contributed by atoms with E-state index in [-0.39, 0.29) is 11.8 Å². The SMILES string of the molecule is O=C1C[C@@H](c2c(Cl)cccc2Cl)c2ccc3ccccc3c2N1. The molecule has 0 aliphatic carbocycles. The number of fused-ring (bicyclic) bond motifs is 3. The molecule has 0 bridgehead atoms. The third kappa shape index (κ3) is 2.39. The average molecular weight is 342 g/mol. The van der Waals surface area contributed by atoms with Crippen LogP contribution in [0, 0.1) is 0 Å². The average Bonchev–Trinajstić information content (AvgIpc) is 2.54. The van der Waals surface area contributed by atoms with Gasteiger partial charge in [0.15, 0.2) is 0 Å². The Hall–Kier alpha value is -2.03. The zero-order valence-corrected chi connectivity index (χ0v) is 13.7. The minimum absolute atomic E-state index is 0.0187. The number of anilines is 1. The van der Waals surface area contributed by atoms with Crippen LogP contribution >= 0.6 is 23.2 Å². The molecular formula is C19H13Cl2NO. The van der Waals surface area contributed by atoms with Crippen LogP contribution in [0.15, 0.2) is 54.6 Å². The van der Waals surface area contributed by atoms with Gasteiger partial charge in [-0.3, -0.25) is 4.79 Å². The molecule has 1 atom stereocenters. The summed E-state index contributed by atoms with van der Waals surface area (Å²) in [7, 11) is 0. The molecule has 3 aromatic carbocycles. The van der Waals surface area contributed by atoms with E-state index >= 15 is 0 Å². The largest absolute Gasteiger partial charge is 0.325 e. The molecule has 0 radical (unpaired) electrons. The molecule has 0 saturated heterocycles. The molecule has 0 fully saturated rings. The van der Waals surface area contributed by atoms with E-state index in [4.69, 9.17) is 23.2 Å². The summed E-state index contributed by atoms with van der Waals surface area (Å²) in [5.41, 5.74) is 2.74. The van der Waals surface area contributed by atoms with Gasteiger partial charge in [-0.05, 0) is 28.6 Å². The predicted octanol–water partition coefficient (Wildman–Crippen LogP) is 5.62. The van der Waals surface area contributed by atoms with Crippen LogP contribution in [0.5, 0.6) is 0 Å². The van der Waals surface area contributed by atoms with Crippen molar-refractivity contribution in [3.63, 3.8) is 0 Å². The first-order chi connectivity index (χ1) is 11.1. The van der Waals surface area contributed by atoms with Crippen LogP contribution in [0.1, 0.15) is 23.5 Å². The van der Waals surface area contributed by atoms with E-state index in [0.29, 0.717) is 16.5 Å². The van der Waals surface area contributed by atoms with Gasteiger partial charge in [-0.25, -0.2) is 0 Å². The van der Waals surface area contributed by atoms with Gasteiger partial charge in [0.1, 0.15) is 0 Å². The first-order valence-electron chi connectivity index (χ1n) is 7.40. The van der Waals surface area contributed by atoms with Crippen LogP contribution < -0.4 is 5.32 Å². The maximum absolute atomic E-state index is 12.3. The monoisotopic (exact) mass is 341 g/mol. The summed E-state index contributed by atoms with van der Waals surface area (Å²) < 4.78 is 0. The van der Waals surface area contributed by atoms with Gasteiger partial charge in [0.25, 0.3) is 0 Å². The minimum atomic E-state index is -0.135. The van der Waals surface area contributed by atoms with Gasteiger partial charge in [0.2, 0.25) is 5.91 Å². The van der Waals surface area contributed by atoms with Crippen molar-refractivity contribution in [1.29, 1.82) is 0 Å². The molecule has 1 N–H and O–H groups in total. The van der Waals surface area contributed by atoms with Crippen molar-refractivity contribution in [1.82, 2.24) is 0 Å². The van der Waals surface area contributed by atoms with Gasteiger partial charge in [-0.2, -0.15) is 0 Å². The van der Waals surface area contributed by atoms with Crippen LogP contribution in [0.2, 0.25) is 10.0 Å². The standard InChI is InChI=1S/C19H13Cl2NO/c20-15-6-3-7-16(21)18(15)14-10-17(23)22-19-12-5-2-1-4-11(12)8-9-13(14)19/h1-9,14H,10H2,(H,22,23)/t14-/m1/s1. The van der Waals surface area contributed by atoms with E-state index in [1.54, 1.807) is 0 Å². The molecule has 1 aliphatic rings. The molecular weight excluding hydrogens is 329 g/mol. The first kappa shape index (κ1) is 14.6. The summed E-state index contributed by atoms with van der Waals surface area (Å²) >= 11 is 12.8. The number of rotatable bonds is 1. The lowest BCUT2D eigenvalue weighted by Crippen LogP contribution is -2.24. The van der Waals surface area contributed by atoms with E-state index in [1.165, 1.54) is 0 Å². The van der Waals surface area contributed by atoms with Gasteiger partial charge in [0.05, 0.1) is 5.69 Å². The number of nitrogens with one attached hydrogen (secondary N) is 1. The predicted molar refractivity (Wildman–Crippen MR) is 95.5 cm³/mol. The highest BCUT2D eigenvalue weighted by Gasteiger charge is 2.30. The van der Waals surface area contributed by atoms with Crippen LogP contribution in [0.25, 0.3) is 10.8 Å². The fourth-order valence-corrected chi connectivity index (χ4v) is 3.97. The number of hydrogen-bond acceptors (Lipinski definition) is 1. The molecule has 1 heterocycles. The van der Waals surface area contributed by atoms with E-state index in [1.807, 2.05) is 42.5 Å². The number of halogens is 2. The van der Waals surface area contributed by atoms with Crippen LogP contribution in [-0.2, 0) is 4.79 Å². The molecule has 0 unspecified atom stereocenters. The van der Waals surface area contributed by atoms with Gasteiger partial charge in [-0.1, -0.05) is 65.7 Å². The lowest BCUT2D eigenvalue weighted by Gasteiger charge is -2.28. The fourth-order valence-electron chi connectivity index (χ4n) is 3.31. The third-order valence-electron chi connectivity index (χ3n) is 4.34. The molecule has 4 heteroatoms. The summed E-state index contributed by atoms with van der Waals surface area (Å²) in [6.07, 6.45) is 0.342. The summed E-state index contributed by atoms with van der Waals surface area (Å²) in [6.45, 7) is 0. The zero-order chi connectivity index (χ0) is 16.0. The van der Waals surface area contributed by atoms with Gasteiger partial charge >= 0.3 is 0 Å². The lowest BCUT2D eigenvalue weighted by molar-refractivity contribution is -0.116. The van der Waals surface area contributed by atoms with Crippen molar-refractivity contribution in [2.45, 2.75) is 12.3 Å². The maximum Gasteiger partial charge on any atom is 0.225 e. The summed E-state index contributed by atoms with van der Waals surface area (Å²) in [6, 6.07) is 17.6. The van der Waals surface area contributed by atoms with Gasteiger partial charge in [0, 0.05) is 27.8 Å². The summed E-state index contributed by atoms with van der Waals surface area (Å²) in [4.78, 5) is 12.3. The number of carbonyl (C=O) groups is 1. The molecule has 114 valence electrons. The van der Waals surface area contributed by atoms with Crippen molar-refractivity contribution in [3.8, 4) is 0 Å². The molecule has 0 spiro atoms. The number of carbonyl (C=O) groups excluding carboxylic acids is 1. The van der Waals surface area contributed by atoms with Gasteiger partial charge in [-0.15, -0.1) is 0 Å². The van der Waals surface area contributed by atoms with E-state index in [9.17, 15) is 4.79 Å². The third-order valence-corrected chi connectivity index (χ3v) is 5.00. The summed E-state index contributed by atoms with van der Waals surface area (Å²) in [5.74, 6) is -0.153. The Bertz CT molecular complexity index is 916. The smallest absolute Gasteiger partial charge is 0.225 e. The topological polar surface area (TPSA) is 29.1 Å². The van der Waals surface area contributed by atoms with Crippen molar-refractivity contribution in [2.24, 2.45) is 0 Å². The highest BCUT2D eigenvalue weighted by atomic mass is 35.5. The molecule has 1 aliphatic heterocycles. The second-order valence-corrected chi connectivity index (χ2v) is 6.51. The molecule has 0 aromatic heterocycles. The van der Waals surface area contributed by atoms with Crippen LogP contribution in [-0.4, -0.2) is 5.91 Å². The maximum atomic E-state index is 12.3. The lowest BCUT2D eigenvalue weighted by atomic mass is 9.83. The molecule has 1 amide bonds. The summed E-state index contributed by atoms with van der Waals surface area (Å²) in [5, 5.41) is 6.33. The van der Waals surface area contributed by atoms with Gasteiger partial charge < -0.3 is 5.32 Å². The van der Waals surface area contributed by atoms with Crippen LogP contribution in [0.3, 0.4) is 0 Å². The number of amides is 1. The van der Waals surface area contributed by atoms with Crippen molar-refractivity contribution in [3.05, 3.63) is 75.8 Å². The first-order valence-corrected chi connectivity index (χ1v) is 8.16.